The lowest BCUT2D eigenvalue weighted by Gasteiger charge is -2.31. The predicted molar refractivity (Wildman–Crippen MR) is 119 cm³/mol. The molecule has 0 aliphatic carbocycles. The Bertz CT molecular complexity index is 1200. The Morgan fingerprint density at radius 3 is 2.61 bits per heavy atom. The molecule has 3 aromatic rings. The highest BCUT2D eigenvalue weighted by Gasteiger charge is 2.26. The van der Waals surface area contributed by atoms with Crippen molar-refractivity contribution in [3.63, 3.8) is 0 Å². The van der Waals surface area contributed by atoms with Gasteiger partial charge in [0.1, 0.15) is 17.1 Å². The summed E-state index contributed by atoms with van der Waals surface area (Å²) in [6.45, 7) is 3.65. The largest absolute Gasteiger partial charge is 0.508 e. The van der Waals surface area contributed by atoms with Crippen LogP contribution in [0.1, 0.15) is 24.0 Å². The van der Waals surface area contributed by atoms with Gasteiger partial charge < -0.3 is 19.9 Å². The molecule has 4 rings (SSSR count). The fourth-order valence-corrected chi connectivity index (χ4v) is 4.16. The van der Waals surface area contributed by atoms with Crippen LogP contribution in [-0.2, 0) is 11.3 Å². The molecule has 2 aromatic carbocycles. The summed E-state index contributed by atoms with van der Waals surface area (Å²) in [5.74, 6) is -0.253. The van der Waals surface area contributed by atoms with Crippen LogP contribution < -0.4 is 10.9 Å². The zero-order chi connectivity index (χ0) is 22.1. The number of fused-ring (bicyclic) bond motifs is 1. The molecule has 0 atom stereocenters. The summed E-state index contributed by atoms with van der Waals surface area (Å²) in [4.78, 5) is 26.8. The van der Waals surface area contributed by atoms with Gasteiger partial charge in [0, 0.05) is 34.5 Å². The maximum Gasteiger partial charge on any atom is 0.336 e. The Hall–Kier alpha value is -3.03. The van der Waals surface area contributed by atoms with E-state index in [1.807, 2.05) is 0 Å². The number of carbonyl (C=O) groups is 1. The fraction of sp³-hybridized carbons (Fsp3) is 0.304. The first-order chi connectivity index (χ1) is 14.8. The molecule has 0 saturated carbocycles. The van der Waals surface area contributed by atoms with E-state index in [1.54, 1.807) is 25.1 Å². The van der Waals surface area contributed by atoms with Crippen molar-refractivity contribution in [2.75, 3.05) is 18.4 Å². The second-order valence-electron chi connectivity index (χ2n) is 7.88. The molecule has 8 heteroatoms. The maximum atomic E-state index is 12.6. The zero-order valence-electron chi connectivity index (χ0n) is 17.0. The van der Waals surface area contributed by atoms with Gasteiger partial charge in [-0.25, -0.2) is 4.79 Å². The Balaban J connectivity index is 1.43. The van der Waals surface area contributed by atoms with Crippen LogP contribution in [0.2, 0.25) is 5.02 Å². The number of benzene rings is 2. The smallest absolute Gasteiger partial charge is 0.336 e. The van der Waals surface area contributed by atoms with Gasteiger partial charge in [-0.1, -0.05) is 11.6 Å². The number of nitrogens with zero attached hydrogens (tertiary/aromatic N) is 1. The molecule has 0 spiro atoms. The Morgan fingerprint density at radius 1 is 1.16 bits per heavy atom. The number of amides is 1. The van der Waals surface area contributed by atoms with E-state index < -0.39 is 5.63 Å². The highest BCUT2D eigenvalue weighted by Crippen LogP contribution is 2.30. The van der Waals surface area contributed by atoms with E-state index in [1.165, 1.54) is 18.2 Å². The van der Waals surface area contributed by atoms with Crippen LogP contribution >= 0.6 is 11.6 Å². The number of halogens is 1. The molecule has 0 radical (unpaired) electrons. The Morgan fingerprint density at radius 2 is 1.87 bits per heavy atom. The molecule has 3 N–H and O–H groups in total. The lowest BCUT2D eigenvalue weighted by atomic mass is 9.95. The lowest BCUT2D eigenvalue weighted by molar-refractivity contribution is -0.121. The van der Waals surface area contributed by atoms with Crippen molar-refractivity contribution in [2.45, 2.75) is 26.3 Å². The van der Waals surface area contributed by atoms with Gasteiger partial charge >= 0.3 is 5.63 Å². The van der Waals surface area contributed by atoms with Crippen molar-refractivity contribution < 1.29 is 19.4 Å². The highest BCUT2D eigenvalue weighted by atomic mass is 35.5. The van der Waals surface area contributed by atoms with E-state index in [4.69, 9.17) is 16.0 Å². The summed E-state index contributed by atoms with van der Waals surface area (Å²) in [5, 5.41) is 23.8. The molecule has 31 heavy (non-hydrogen) atoms. The van der Waals surface area contributed by atoms with Gasteiger partial charge in [-0.05, 0) is 68.8 Å². The summed E-state index contributed by atoms with van der Waals surface area (Å²) in [6, 6.07) is 9.37. The molecule has 1 saturated heterocycles. The second-order valence-corrected chi connectivity index (χ2v) is 8.31. The number of aromatic hydroxyl groups is 2. The highest BCUT2D eigenvalue weighted by molar-refractivity contribution is 6.31. The van der Waals surface area contributed by atoms with Crippen LogP contribution in [0, 0.1) is 12.8 Å². The van der Waals surface area contributed by atoms with Crippen LogP contribution in [-0.4, -0.2) is 34.1 Å². The molecule has 1 aromatic heterocycles. The molecular weight excluding hydrogens is 420 g/mol. The minimum Gasteiger partial charge on any atom is -0.508 e. The second kappa shape index (κ2) is 8.61. The minimum absolute atomic E-state index is 0.0219. The van der Waals surface area contributed by atoms with Crippen molar-refractivity contribution >= 4 is 34.2 Å². The van der Waals surface area contributed by atoms with Crippen LogP contribution in [0.5, 0.6) is 11.5 Å². The van der Waals surface area contributed by atoms with Crippen molar-refractivity contribution in [3.8, 4) is 11.5 Å². The van der Waals surface area contributed by atoms with E-state index in [-0.39, 0.29) is 23.3 Å². The van der Waals surface area contributed by atoms with Crippen molar-refractivity contribution in [1.29, 1.82) is 0 Å². The van der Waals surface area contributed by atoms with Gasteiger partial charge in [-0.15, -0.1) is 0 Å². The standard InChI is InChI=1S/C23H23ClN2O5/c1-13-19(27)5-3-17-15(10-21(29)31-22(13)17)12-26-8-6-14(7-9-26)23(30)25-18-11-16(24)2-4-20(18)28/h2-5,10-11,14,27-28H,6-9,12H2,1H3,(H,25,30). The third-order valence-corrected chi connectivity index (χ3v) is 6.02. The number of anilines is 1. The van der Waals surface area contributed by atoms with Crippen LogP contribution in [0.4, 0.5) is 5.69 Å². The Kier molecular flexibility index (Phi) is 5.89. The number of piperidine rings is 1. The van der Waals surface area contributed by atoms with Gasteiger partial charge in [0.05, 0.1) is 5.69 Å². The van der Waals surface area contributed by atoms with Crippen LogP contribution in [0.15, 0.2) is 45.6 Å². The first-order valence-corrected chi connectivity index (χ1v) is 10.5. The van der Waals surface area contributed by atoms with Crippen molar-refractivity contribution in [2.24, 2.45) is 5.92 Å². The third kappa shape index (κ3) is 4.52. The van der Waals surface area contributed by atoms with E-state index in [0.717, 1.165) is 10.9 Å². The lowest BCUT2D eigenvalue weighted by Crippen LogP contribution is -2.37. The first-order valence-electron chi connectivity index (χ1n) is 10.1. The van der Waals surface area contributed by atoms with Crippen LogP contribution in [0.25, 0.3) is 11.0 Å². The van der Waals surface area contributed by atoms with Crippen molar-refractivity contribution in [3.05, 3.63) is 63.0 Å². The molecule has 0 unspecified atom stereocenters. The van der Waals surface area contributed by atoms with Crippen molar-refractivity contribution in [1.82, 2.24) is 4.90 Å². The number of phenolic OH excluding ortho intramolecular Hbond substituents is 2. The zero-order valence-corrected chi connectivity index (χ0v) is 17.8. The molecule has 1 aliphatic rings. The summed E-state index contributed by atoms with van der Waals surface area (Å²) < 4.78 is 5.31. The molecule has 2 heterocycles. The number of nitrogens with one attached hydrogen (secondary N) is 1. The fourth-order valence-electron chi connectivity index (χ4n) is 3.98. The predicted octanol–water partition coefficient (Wildman–Crippen LogP) is 4.02. The number of rotatable bonds is 4. The van der Waals surface area contributed by atoms with E-state index >= 15 is 0 Å². The summed E-state index contributed by atoms with van der Waals surface area (Å²) in [7, 11) is 0. The normalized spacial score (nSPS) is 15.3. The van der Waals surface area contributed by atoms with Gasteiger partial charge in [0.2, 0.25) is 5.91 Å². The number of hydrogen-bond acceptors (Lipinski definition) is 6. The number of carbonyl (C=O) groups excluding carboxylic acids is 1. The maximum absolute atomic E-state index is 12.6. The van der Waals surface area contributed by atoms with Crippen LogP contribution in [0.3, 0.4) is 0 Å². The molecule has 1 fully saturated rings. The summed E-state index contributed by atoms with van der Waals surface area (Å²) >= 11 is 5.94. The molecular formula is C23H23ClN2O5. The average Bonchev–Trinajstić information content (AvgIpc) is 2.74. The monoisotopic (exact) mass is 442 g/mol. The van der Waals surface area contributed by atoms with E-state index in [0.29, 0.717) is 54.3 Å². The molecule has 162 valence electrons. The van der Waals surface area contributed by atoms with E-state index in [9.17, 15) is 19.8 Å². The Labute approximate surface area is 183 Å². The minimum atomic E-state index is -0.452. The molecule has 7 nitrogen and oxygen atoms in total. The molecule has 1 amide bonds. The summed E-state index contributed by atoms with van der Waals surface area (Å²) in [6.07, 6.45) is 1.32. The SMILES string of the molecule is Cc1c(O)ccc2c(CN3CCC(C(=O)Nc4cc(Cl)ccc4O)CC3)cc(=O)oc12. The number of aryl methyl sites for hydroxylation is 1. The molecule has 1 aliphatic heterocycles. The number of likely N-dealkylation sites (tertiary alicyclic amines) is 1. The first kappa shape index (κ1) is 21.2. The molecule has 0 bridgehead atoms. The summed E-state index contributed by atoms with van der Waals surface area (Å²) in [5.41, 5.74) is 1.63. The third-order valence-electron chi connectivity index (χ3n) is 5.79. The quantitative estimate of drug-likeness (QED) is 0.416. The number of hydrogen-bond donors (Lipinski definition) is 3. The number of phenols is 2. The van der Waals surface area contributed by atoms with Gasteiger partial charge in [0.15, 0.2) is 0 Å². The van der Waals surface area contributed by atoms with Gasteiger partial charge in [-0.2, -0.15) is 0 Å². The average molecular weight is 443 g/mol. The van der Waals surface area contributed by atoms with Gasteiger partial charge in [0.25, 0.3) is 0 Å². The topological polar surface area (TPSA) is 103 Å². The van der Waals surface area contributed by atoms with E-state index in [2.05, 4.69) is 10.2 Å². The van der Waals surface area contributed by atoms with Gasteiger partial charge in [-0.3, -0.25) is 9.69 Å².